The molecule has 258 valence electrons. The first-order chi connectivity index (χ1) is 26.7. The molecule has 0 saturated heterocycles. The Bertz CT molecular complexity index is 2990. The van der Waals surface area contributed by atoms with Crippen LogP contribution in [0, 0.1) is 23.7 Å². The van der Waals surface area contributed by atoms with Crippen molar-refractivity contribution in [2.75, 3.05) is 0 Å². The van der Waals surface area contributed by atoms with Gasteiger partial charge in [0.15, 0.2) is 0 Å². The Hall–Kier alpha value is -6.00. The topological polar surface area (TPSA) is 35.6 Å². The normalized spacial score (nSPS) is 23.6. The Morgan fingerprint density at radius 3 is 1.63 bits per heavy atom. The van der Waals surface area contributed by atoms with E-state index in [9.17, 15) is 0 Å². The van der Waals surface area contributed by atoms with Crippen LogP contribution in [0.5, 0.6) is 0 Å². The van der Waals surface area contributed by atoms with Crippen molar-refractivity contribution in [3.8, 4) is 33.6 Å². The Morgan fingerprint density at radius 1 is 0.444 bits per heavy atom. The summed E-state index contributed by atoms with van der Waals surface area (Å²) in [6.07, 6.45) is 12.4. The van der Waals surface area contributed by atoms with Crippen LogP contribution in [0.2, 0.25) is 0 Å². The van der Waals surface area contributed by atoms with E-state index in [0.717, 1.165) is 40.4 Å². The van der Waals surface area contributed by atoms with Gasteiger partial charge in [0, 0.05) is 32.6 Å². The average Bonchev–Trinajstić information content (AvgIpc) is 3.83. The molecule has 54 heavy (non-hydrogen) atoms. The molecule has 9 aromatic rings. The Labute approximate surface area is 313 Å². The van der Waals surface area contributed by atoms with Crippen molar-refractivity contribution >= 4 is 43.6 Å². The second kappa shape index (κ2) is 10.6. The zero-order valence-electron chi connectivity index (χ0n) is 30.0. The lowest BCUT2D eigenvalue weighted by Gasteiger charge is -2.61. The second-order valence-corrected chi connectivity index (χ2v) is 16.7. The molecule has 4 saturated carbocycles. The van der Waals surface area contributed by atoms with Crippen LogP contribution in [0.1, 0.15) is 43.2 Å². The van der Waals surface area contributed by atoms with Crippen molar-refractivity contribution in [1.82, 2.24) is 19.1 Å². The van der Waals surface area contributed by atoms with Crippen molar-refractivity contribution < 1.29 is 0 Å². The van der Waals surface area contributed by atoms with Crippen LogP contribution in [-0.4, -0.2) is 19.1 Å². The maximum absolute atomic E-state index is 4.33. The highest BCUT2D eigenvalue weighted by atomic mass is 15.0. The highest BCUT2D eigenvalue weighted by molar-refractivity contribution is 6.12. The first-order valence-corrected chi connectivity index (χ1v) is 19.8. The van der Waals surface area contributed by atoms with Gasteiger partial charge in [0.1, 0.15) is 6.33 Å². The summed E-state index contributed by atoms with van der Waals surface area (Å²) < 4.78 is 4.81. The van der Waals surface area contributed by atoms with Gasteiger partial charge in [-0.25, -0.2) is 9.97 Å². The third-order valence-corrected chi connectivity index (χ3v) is 14.3. The number of para-hydroxylation sites is 2. The summed E-state index contributed by atoms with van der Waals surface area (Å²) in [5.41, 5.74) is 15.9. The van der Waals surface area contributed by atoms with Crippen LogP contribution in [0.25, 0.3) is 77.2 Å². The molecule has 6 aromatic carbocycles. The lowest BCUT2D eigenvalue weighted by atomic mass is 9.43. The van der Waals surface area contributed by atoms with Gasteiger partial charge in [0.2, 0.25) is 0 Å². The number of fused-ring (bicyclic) bond motifs is 9. The first kappa shape index (κ1) is 29.5. The van der Waals surface area contributed by atoms with Gasteiger partial charge in [-0.05, 0) is 138 Å². The lowest BCUT2D eigenvalue weighted by Crippen LogP contribution is -2.55. The molecule has 0 radical (unpaired) electrons. The van der Waals surface area contributed by atoms with E-state index >= 15 is 0 Å². The summed E-state index contributed by atoms with van der Waals surface area (Å²) in [7, 11) is 0. The van der Waals surface area contributed by atoms with Crippen LogP contribution in [0.15, 0.2) is 146 Å². The summed E-state index contributed by atoms with van der Waals surface area (Å²) in [4.78, 5) is 8.66. The first-order valence-electron chi connectivity index (χ1n) is 19.8. The largest absolute Gasteiger partial charge is 0.309 e. The highest BCUT2D eigenvalue weighted by Gasteiger charge is 2.61. The fraction of sp³-hybridized carbons (Fsp3) is 0.200. The fourth-order valence-electron chi connectivity index (χ4n) is 12.5. The molecule has 3 heterocycles. The van der Waals surface area contributed by atoms with E-state index in [4.69, 9.17) is 0 Å². The summed E-state index contributed by atoms with van der Waals surface area (Å²) in [5, 5.41) is 5.04. The van der Waals surface area contributed by atoms with Crippen molar-refractivity contribution in [2.24, 2.45) is 23.7 Å². The molecule has 0 atom stereocenters. The van der Waals surface area contributed by atoms with Gasteiger partial charge in [-0.1, -0.05) is 78.9 Å². The van der Waals surface area contributed by atoms with Gasteiger partial charge in [0.05, 0.1) is 40.1 Å². The van der Waals surface area contributed by atoms with E-state index in [0.29, 0.717) is 0 Å². The molecule has 1 spiro atoms. The monoisotopic (exact) mass is 694 g/mol. The fourth-order valence-corrected chi connectivity index (χ4v) is 12.5. The van der Waals surface area contributed by atoms with Crippen molar-refractivity contribution in [2.45, 2.75) is 37.5 Å². The molecule has 0 aliphatic heterocycles. The SMILES string of the molecule is c1ccc2c(c1)-c1ccc(-n3c4ccccc4c4cc(-c5ccc6c(c5)c5ccccc5n6-c5cncnc5)ccc43)cc1C21C2CC3CC(C2)CC1C3. The van der Waals surface area contributed by atoms with Crippen LogP contribution in [0.3, 0.4) is 0 Å². The highest BCUT2D eigenvalue weighted by Crippen LogP contribution is 2.69. The second-order valence-electron chi connectivity index (χ2n) is 16.7. The van der Waals surface area contributed by atoms with Crippen molar-refractivity contribution in [1.29, 1.82) is 0 Å². The Balaban J connectivity index is 0.987. The molecule has 4 bridgehead atoms. The van der Waals surface area contributed by atoms with Crippen LogP contribution in [0.4, 0.5) is 0 Å². The van der Waals surface area contributed by atoms with Gasteiger partial charge >= 0.3 is 0 Å². The minimum atomic E-state index is 0.149. The number of benzene rings is 6. The minimum Gasteiger partial charge on any atom is -0.309 e. The zero-order valence-corrected chi connectivity index (χ0v) is 30.0. The molecule has 0 amide bonds. The number of hydrogen-bond acceptors (Lipinski definition) is 2. The van der Waals surface area contributed by atoms with Gasteiger partial charge in [-0.3, -0.25) is 0 Å². The van der Waals surface area contributed by atoms with Gasteiger partial charge in [-0.2, -0.15) is 0 Å². The van der Waals surface area contributed by atoms with Gasteiger partial charge < -0.3 is 9.13 Å². The zero-order chi connectivity index (χ0) is 35.1. The smallest absolute Gasteiger partial charge is 0.115 e. The molecule has 14 rings (SSSR count). The standard InChI is InChI=1S/C50H38N4/c1-4-10-44-38(7-1)39-16-15-36(26-45(39)50(44)34-20-30-19-31(22-34)23-35(50)21-30)53-46-11-5-2-8-40(46)42-24-32(13-17-48(42)53)33-14-18-49-43(25-33)41-9-3-6-12-47(41)54(49)37-27-51-29-52-28-37/h1-18,24-31,34-35H,19-23H2. The van der Waals surface area contributed by atoms with Crippen molar-refractivity contribution in [3.63, 3.8) is 0 Å². The Morgan fingerprint density at radius 2 is 0.981 bits per heavy atom. The molecule has 5 aliphatic carbocycles. The maximum atomic E-state index is 4.33. The van der Waals surface area contributed by atoms with Gasteiger partial charge in [0.25, 0.3) is 0 Å². The summed E-state index contributed by atoms with van der Waals surface area (Å²) in [6.45, 7) is 0. The number of nitrogens with zero attached hydrogens (tertiary/aromatic N) is 4. The van der Waals surface area contributed by atoms with Crippen LogP contribution < -0.4 is 0 Å². The number of rotatable bonds is 3. The molecule has 4 heteroatoms. The third-order valence-electron chi connectivity index (χ3n) is 14.3. The summed E-state index contributed by atoms with van der Waals surface area (Å²) in [6, 6.07) is 48.6. The summed E-state index contributed by atoms with van der Waals surface area (Å²) in [5.74, 6) is 3.36. The molecular formula is C50H38N4. The van der Waals surface area contributed by atoms with Crippen LogP contribution in [-0.2, 0) is 5.41 Å². The van der Waals surface area contributed by atoms with E-state index in [1.54, 1.807) is 17.5 Å². The molecule has 5 aliphatic rings. The minimum absolute atomic E-state index is 0.149. The predicted octanol–water partition coefficient (Wildman–Crippen LogP) is 12.1. The molecule has 0 unspecified atom stereocenters. The molecule has 0 N–H and O–H groups in total. The van der Waals surface area contributed by atoms with E-state index in [1.165, 1.54) is 92.6 Å². The third kappa shape index (κ3) is 3.73. The number of aromatic nitrogens is 4. The van der Waals surface area contributed by atoms with Crippen molar-refractivity contribution in [3.05, 3.63) is 157 Å². The lowest BCUT2D eigenvalue weighted by molar-refractivity contribution is -0.0399. The van der Waals surface area contributed by atoms with E-state index in [2.05, 4.69) is 146 Å². The molecule has 4 fully saturated rings. The maximum Gasteiger partial charge on any atom is 0.115 e. The van der Waals surface area contributed by atoms with Crippen LogP contribution >= 0.6 is 0 Å². The predicted molar refractivity (Wildman–Crippen MR) is 219 cm³/mol. The Kier molecular flexibility index (Phi) is 5.77. The average molecular weight is 695 g/mol. The summed E-state index contributed by atoms with van der Waals surface area (Å²) >= 11 is 0. The van der Waals surface area contributed by atoms with Gasteiger partial charge in [-0.15, -0.1) is 0 Å². The van der Waals surface area contributed by atoms with E-state index < -0.39 is 0 Å². The molecular weight excluding hydrogens is 657 g/mol. The number of hydrogen-bond donors (Lipinski definition) is 0. The van der Waals surface area contributed by atoms with E-state index in [1.807, 2.05) is 12.4 Å². The molecule has 3 aromatic heterocycles. The van der Waals surface area contributed by atoms with E-state index in [-0.39, 0.29) is 5.41 Å². The molecule has 4 nitrogen and oxygen atoms in total. The quantitative estimate of drug-likeness (QED) is 0.185.